The van der Waals surface area contributed by atoms with Crippen molar-refractivity contribution in [3.8, 4) is 22.6 Å². The highest BCUT2D eigenvalue weighted by Crippen LogP contribution is 2.36. The van der Waals surface area contributed by atoms with Crippen molar-refractivity contribution in [1.82, 2.24) is 9.55 Å². The number of nitrogens with zero attached hydrogens (tertiary/aromatic N) is 3. The minimum absolute atomic E-state index is 0.0000630. The number of thiophene rings is 1. The van der Waals surface area contributed by atoms with E-state index in [2.05, 4.69) is 11.1 Å². The smallest absolute Gasteiger partial charge is 0.416 e. The summed E-state index contributed by atoms with van der Waals surface area (Å²) >= 11 is 1.17. The van der Waals surface area contributed by atoms with Gasteiger partial charge in [0.1, 0.15) is 34.6 Å². The Morgan fingerprint density at radius 2 is 1.94 bits per heavy atom. The van der Waals surface area contributed by atoms with Crippen LogP contribution in [0.5, 0.6) is 11.5 Å². The van der Waals surface area contributed by atoms with Crippen molar-refractivity contribution in [3.05, 3.63) is 70.4 Å². The normalized spacial score (nSPS) is 11.5. The molecular weight excluding hydrogens is 427 g/mol. The summed E-state index contributed by atoms with van der Waals surface area (Å²) in [7, 11) is 1.58. The van der Waals surface area contributed by atoms with Gasteiger partial charge >= 0.3 is 6.18 Å². The lowest BCUT2D eigenvalue weighted by Gasteiger charge is -2.13. The summed E-state index contributed by atoms with van der Waals surface area (Å²) in [5.41, 5.74) is 1.72. The molecule has 4 aromatic rings. The third-order valence-corrected chi connectivity index (χ3v) is 5.81. The fourth-order valence-corrected chi connectivity index (χ4v) is 4.16. The van der Waals surface area contributed by atoms with Crippen LogP contribution in [-0.2, 0) is 12.8 Å². The van der Waals surface area contributed by atoms with Crippen LogP contribution in [0.3, 0.4) is 0 Å². The van der Waals surface area contributed by atoms with E-state index >= 15 is 0 Å². The average Bonchev–Trinajstić information content (AvgIpc) is 3.34. The Hall–Kier alpha value is -3.51. The van der Waals surface area contributed by atoms with Crippen LogP contribution in [0.25, 0.3) is 16.0 Å². The van der Waals surface area contributed by atoms with Gasteiger partial charge in [-0.2, -0.15) is 18.4 Å². The zero-order chi connectivity index (χ0) is 22.2. The maximum absolute atomic E-state index is 13.2. The first-order chi connectivity index (χ1) is 14.8. The molecule has 0 atom stereocenters. The minimum atomic E-state index is -4.48. The molecule has 0 radical (unpaired) electrons. The molecule has 0 saturated carbocycles. The molecule has 0 aliphatic rings. The maximum Gasteiger partial charge on any atom is 0.416 e. The van der Waals surface area contributed by atoms with Gasteiger partial charge in [-0.3, -0.25) is 4.57 Å². The van der Waals surface area contributed by atoms with E-state index in [1.54, 1.807) is 24.1 Å². The molecule has 2 aromatic carbocycles. The predicted molar refractivity (Wildman–Crippen MR) is 111 cm³/mol. The number of nitriles is 1. The Morgan fingerprint density at radius 1 is 1.16 bits per heavy atom. The van der Waals surface area contributed by atoms with Gasteiger partial charge in [0.15, 0.2) is 5.75 Å². The summed E-state index contributed by atoms with van der Waals surface area (Å²) in [6, 6.07) is 12.7. The van der Waals surface area contributed by atoms with E-state index in [1.807, 2.05) is 19.1 Å². The molecule has 0 spiro atoms. The van der Waals surface area contributed by atoms with Gasteiger partial charge in [-0.05, 0) is 24.6 Å². The van der Waals surface area contributed by atoms with E-state index in [-0.39, 0.29) is 22.8 Å². The van der Waals surface area contributed by atoms with Gasteiger partial charge in [0, 0.05) is 17.7 Å². The van der Waals surface area contributed by atoms with Crippen molar-refractivity contribution in [2.45, 2.75) is 19.7 Å². The largest absolute Gasteiger partial charge is 0.496 e. The van der Waals surface area contributed by atoms with E-state index in [1.165, 1.54) is 29.5 Å². The van der Waals surface area contributed by atoms with Crippen molar-refractivity contribution >= 4 is 22.4 Å². The van der Waals surface area contributed by atoms with E-state index in [0.717, 1.165) is 22.7 Å². The molecular formula is C22H16F3N3O2S. The zero-order valence-corrected chi connectivity index (χ0v) is 17.3. The van der Waals surface area contributed by atoms with Crippen molar-refractivity contribution < 1.29 is 22.6 Å². The molecule has 0 aliphatic heterocycles. The Labute approximate surface area is 179 Å². The van der Waals surface area contributed by atoms with Crippen molar-refractivity contribution in [2.24, 2.45) is 0 Å². The third kappa shape index (κ3) is 3.94. The molecule has 0 unspecified atom stereocenters. The first kappa shape index (κ1) is 20.8. The van der Waals surface area contributed by atoms with Crippen molar-refractivity contribution in [3.63, 3.8) is 0 Å². The molecule has 5 nitrogen and oxygen atoms in total. The Kier molecular flexibility index (Phi) is 5.33. The lowest BCUT2D eigenvalue weighted by molar-refractivity contribution is -0.138. The van der Waals surface area contributed by atoms with Crippen LogP contribution in [-0.4, -0.2) is 16.7 Å². The molecule has 4 rings (SSSR count). The van der Waals surface area contributed by atoms with Crippen molar-refractivity contribution in [2.75, 3.05) is 7.11 Å². The highest BCUT2D eigenvalue weighted by Gasteiger charge is 2.33. The molecule has 0 saturated heterocycles. The first-order valence-corrected chi connectivity index (χ1v) is 9.97. The number of aryl methyl sites for hydroxylation is 1. The molecule has 31 heavy (non-hydrogen) atoms. The summed E-state index contributed by atoms with van der Waals surface area (Å²) < 4.78 is 52.5. The lowest BCUT2D eigenvalue weighted by atomic mass is 10.1. The highest BCUT2D eigenvalue weighted by molar-refractivity contribution is 7.15. The molecule has 0 amide bonds. The first-order valence-electron chi connectivity index (χ1n) is 9.15. The van der Waals surface area contributed by atoms with Crippen molar-refractivity contribution in [1.29, 1.82) is 5.26 Å². The minimum Gasteiger partial charge on any atom is -0.496 e. The number of imidazole rings is 1. The third-order valence-electron chi connectivity index (χ3n) is 4.79. The fraction of sp³-hybridized carbons (Fsp3) is 0.182. The molecule has 2 heterocycles. The van der Waals surface area contributed by atoms with Crippen LogP contribution in [0, 0.1) is 18.3 Å². The van der Waals surface area contributed by atoms with Gasteiger partial charge in [0.2, 0.25) is 0 Å². The van der Waals surface area contributed by atoms with Gasteiger partial charge < -0.3 is 9.47 Å². The number of alkyl halides is 3. The molecule has 158 valence electrons. The summed E-state index contributed by atoms with van der Waals surface area (Å²) in [5.74, 6) is 0.923. The Morgan fingerprint density at radius 3 is 2.65 bits per heavy atom. The standard InChI is InChI=1S/C22H16F3N3O2S/c1-13-7-16-17(8-18(13)29-2)28(12-27-16)21-9-19(20(10-26)31-21)30-11-14-5-3-4-6-15(14)22(23,24)25/h3-9,12H,11H2,1-2H3. The number of rotatable bonds is 5. The molecule has 2 aromatic heterocycles. The van der Waals surface area contributed by atoms with Crippen LogP contribution >= 0.6 is 11.3 Å². The van der Waals surface area contributed by atoms with E-state index < -0.39 is 11.7 Å². The molecule has 0 N–H and O–H groups in total. The van der Waals surface area contributed by atoms with Gasteiger partial charge in [-0.1, -0.05) is 18.2 Å². The zero-order valence-electron chi connectivity index (χ0n) is 16.5. The fourth-order valence-electron chi connectivity index (χ4n) is 3.28. The highest BCUT2D eigenvalue weighted by atomic mass is 32.1. The quantitative estimate of drug-likeness (QED) is 0.387. The number of ether oxygens (including phenoxy) is 2. The van der Waals surface area contributed by atoms with Crippen LogP contribution < -0.4 is 9.47 Å². The number of hydrogen-bond acceptors (Lipinski definition) is 5. The monoisotopic (exact) mass is 443 g/mol. The molecule has 0 aliphatic carbocycles. The van der Waals surface area contributed by atoms with Gasteiger partial charge in [-0.15, -0.1) is 11.3 Å². The van der Waals surface area contributed by atoms with E-state index in [4.69, 9.17) is 9.47 Å². The van der Waals surface area contributed by atoms with Crippen LogP contribution in [0.4, 0.5) is 13.2 Å². The number of aromatic nitrogens is 2. The second-order valence-electron chi connectivity index (χ2n) is 6.76. The number of benzene rings is 2. The van der Waals surface area contributed by atoms with E-state index in [9.17, 15) is 18.4 Å². The maximum atomic E-state index is 13.2. The summed E-state index contributed by atoms with van der Waals surface area (Å²) in [6.45, 7) is 1.61. The predicted octanol–water partition coefficient (Wildman–Crippen LogP) is 5.87. The number of halogens is 3. The topological polar surface area (TPSA) is 60.1 Å². The van der Waals surface area contributed by atoms with Crippen LogP contribution in [0.15, 0.2) is 48.8 Å². The Bertz CT molecular complexity index is 1300. The summed E-state index contributed by atoms with van der Waals surface area (Å²) in [4.78, 5) is 4.66. The second-order valence-corrected chi connectivity index (χ2v) is 7.79. The molecule has 0 bridgehead atoms. The van der Waals surface area contributed by atoms with Crippen LogP contribution in [0.2, 0.25) is 0 Å². The number of hydrogen-bond donors (Lipinski definition) is 0. The SMILES string of the molecule is COc1cc2c(cc1C)ncn2-c1cc(OCc2ccccc2C(F)(F)F)c(C#N)s1. The Balaban J connectivity index is 1.68. The summed E-state index contributed by atoms with van der Waals surface area (Å²) in [5, 5.41) is 10.2. The molecule has 9 heteroatoms. The van der Waals surface area contributed by atoms with Gasteiger partial charge in [0.25, 0.3) is 0 Å². The van der Waals surface area contributed by atoms with Crippen LogP contribution in [0.1, 0.15) is 21.6 Å². The van der Waals surface area contributed by atoms with Gasteiger partial charge in [0.05, 0.1) is 23.7 Å². The lowest BCUT2D eigenvalue weighted by Crippen LogP contribution is -2.10. The molecule has 0 fully saturated rings. The number of fused-ring (bicyclic) bond motifs is 1. The second kappa shape index (κ2) is 7.96. The van der Waals surface area contributed by atoms with Gasteiger partial charge in [-0.25, -0.2) is 4.98 Å². The number of methoxy groups -OCH3 is 1. The van der Waals surface area contributed by atoms with E-state index in [0.29, 0.717) is 10.8 Å². The summed E-state index contributed by atoms with van der Waals surface area (Å²) in [6.07, 6.45) is -2.86. The average molecular weight is 443 g/mol.